The minimum atomic E-state index is 0.110. The lowest BCUT2D eigenvalue weighted by atomic mass is 10.1. The first kappa shape index (κ1) is 19.3. The second-order valence-electron chi connectivity index (χ2n) is 7.25. The van der Waals surface area contributed by atoms with Crippen molar-refractivity contribution in [3.8, 4) is 11.4 Å². The van der Waals surface area contributed by atoms with Crippen molar-refractivity contribution in [1.82, 2.24) is 14.4 Å². The Hall–Kier alpha value is -3.05. The van der Waals surface area contributed by atoms with E-state index in [1.807, 2.05) is 77.3 Å². The lowest BCUT2D eigenvalue weighted by Gasteiger charge is -2.35. The predicted octanol–water partition coefficient (Wildman–Crippen LogP) is 3.83. The van der Waals surface area contributed by atoms with Gasteiger partial charge in [-0.15, -0.1) is 0 Å². The number of benzene rings is 2. The highest BCUT2D eigenvalue weighted by molar-refractivity contribution is 5.94. The van der Waals surface area contributed by atoms with E-state index >= 15 is 0 Å². The van der Waals surface area contributed by atoms with Crippen molar-refractivity contribution in [2.45, 2.75) is 13.5 Å². The molecule has 0 unspecified atom stereocenters. The average molecular weight is 389 g/mol. The Labute approximate surface area is 172 Å². The molecular formula is C24H27N3O2. The molecule has 4 rings (SSSR count). The molecule has 2 heterocycles. The van der Waals surface area contributed by atoms with E-state index in [1.165, 1.54) is 5.56 Å². The SMILES string of the molecule is CCOc1ccccc1CN1CCN(C(=O)c2ccc(-n3cccc3)cc2)CC1. The Morgan fingerprint density at radius 2 is 1.59 bits per heavy atom. The number of carbonyl (C=O) groups is 1. The van der Waals surface area contributed by atoms with Crippen molar-refractivity contribution < 1.29 is 9.53 Å². The minimum Gasteiger partial charge on any atom is -0.494 e. The quantitative estimate of drug-likeness (QED) is 0.643. The van der Waals surface area contributed by atoms with Gasteiger partial charge in [-0.05, 0) is 49.4 Å². The van der Waals surface area contributed by atoms with Gasteiger partial charge in [-0.1, -0.05) is 18.2 Å². The van der Waals surface area contributed by atoms with Gasteiger partial charge in [0, 0.05) is 61.9 Å². The summed E-state index contributed by atoms with van der Waals surface area (Å²) < 4.78 is 7.77. The fraction of sp³-hybridized carbons (Fsp3) is 0.292. The van der Waals surface area contributed by atoms with E-state index < -0.39 is 0 Å². The number of hydrogen-bond acceptors (Lipinski definition) is 3. The number of piperazine rings is 1. The molecule has 1 fully saturated rings. The summed E-state index contributed by atoms with van der Waals surface area (Å²) in [6.07, 6.45) is 4.00. The molecule has 5 nitrogen and oxygen atoms in total. The van der Waals surface area contributed by atoms with Crippen molar-refractivity contribution in [2.24, 2.45) is 0 Å². The molecule has 0 aliphatic carbocycles. The van der Waals surface area contributed by atoms with Crippen LogP contribution in [-0.4, -0.2) is 53.1 Å². The van der Waals surface area contributed by atoms with Gasteiger partial charge in [0.05, 0.1) is 6.61 Å². The number of amides is 1. The van der Waals surface area contributed by atoms with Crippen LogP contribution in [0.15, 0.2) is 73.1 Å². The van der Waals surface area contributed by atoms with Gasteiger partial charge >= 0.3 is 0 Å². The molecule has 29 heavy (non-hydrogen) atoms. The van der Waals surface area contributed by atoms with Crippen LogP contribution in [0.4, 0.5) is 0 Å². The zero-order valence-electron chi connectivity index (χ0n) is 16.8. The Morgan fingerprint density at radius 3 is 2.28 bits per heavy atom. The molecule has 1 aliphatic rings. The number of hydrogen-bond donors (Lipinski definition) is 0. The molecule has 0 atom stereocenters. The molecule has 0 bridgehead atoms. The Balaban J connectivity index is 1.34. The molecule has 1 saturated heterocycles. The van der Waals surface area contributed by atoms with Crippen LogP contribution in [0.5, 0.6) is 5.75 Å². The molecule has 1 amide bonds. The molecule has 2 aromatic carbocycles. The van der Waals surface area contributed by atoms with Crippen LogP contribution in [0.2, 0.25) is 0 Å². The molecular weight excluding hydrogens is 362 g/mol. The van der Waals surface area contributed by atoms with Crippen LogP contribution in [-0.2, 0) is 6.54 Å². The summed E-state index contributed by atoms with van der Waals surface area (Å²) in [5, 5.41) is 0. The third-order valence-electron chi connectivity index (χ3n) is 5.34. The highest BCUT2D eigenvalue weighted by Crippen LogP contribution is 2.21. The van der Waals surface area contributed by atoms with Crippen LogP contribution >= 0.6 is 0 Å². The van der Waals surface area contributed by atoms with E-state index in [4.69, 9.17) is 4.74 Å². The second-order valence-corrected chi connectivity index (χ2v) is 7.25. The van der Waals surface area contributed by atoms with E-state index in [-0.39, 0.29) is 5.91 Å². The van der Waals surface area contributed by atoms with Crippen molar-refractivity contribution >= 4 is 5.91 Å². The maximum atomic E-state index is 12.9. The number of ether oxygens (including phenoxy) is 1. The highest BCUT2D eigenvalue weighted by Gasteiger charge is 2.22. The van der Waals surface area contributed by atoms with Crippen molar-refractivity contribution in [3.05, 3.63) is 84.2 Å². The highest BCUT2D eigenvalue weighted by atomic mass is 16.5. The average Bonchev–Trinajstić information content (AvgIpc) is 3.30. The number of para-hydroxylation sites is 1. The Morgan fingerprint density at radius 1 is 0.897 bits per heavy atom. The van der Waals surface area contributed by atoms with Crippen LogP contribution in [0.25, 0.3) is 5.69 Å². The van der Waals surface area contributed by atoms with E-state index in [2.05, 4.69) is 17.0 Å². The van der Waals surface area contributed by atoms with Crippen LogP contribution < -0.4 is 4.74 Å². The molecule has 5 heteroatoms. The van der Waals surface area contributed by atoms with Crippen molar-refractivity contribution in [2.75, 3.05) is 32.8 Å². The van der Waals surface area contributed by atoms with Crippen LogP contribution in [0.3, 0.4) is 0 Å². The zero-order valence-corrected chi connectivity index (χ0v) is 16.8. The van der Waals surface area contributed by atoms with Gasteiger partial charge in [-0.25, -0.2) is 0 Å². The zero-order chi connectivity index (χ0) is 20.1. The molecule has 0 saturated carbocycles. The monoisotopic (exact) mass is 389 g/mol. The lowest BCUT2D eigenvalue weighted by Crippen LogP contribution is -2.48. The Kier molecular flexibility index (Phi) is 5.96. The summed E-state index contributed by atoms with van der Waals surface area (Å²) in [4.78, 5) is 17.2. The summed E-state index contributed by atoms with van der Waals surface area (Å²) in [5.74, 6) is 1.06. The largest absolute Gasteiger partial charge is 0.494 e. The van der Waals surface area contributed by atoms with E-state index in [0.717, 1.165) is 49.7 Å². The van der Waals surface area contributed by atoms with E-state index in [0.29, 0.717) is 6.61 Å². The third-order valence-corrected chi connectivity index (χ3v) is 5.34. The summed E-state index contributed by atoms with van der Waals surface area (Å²) in [7, 11) is 0. The lowest BCUT2D eigenvalue weighted by molar-refractivity contribution is 0.0627. The maximum absolute atomic E-state index is 12.9. The van der Waals surface area contributed by atoms with Gasteiger partial charge in [-0.3, -0.25) is 9.69 Å². The van der Waals surface area contributed by atoms with E-state index in [1.54, 1.807) is 0 Å². The molecule has 0 N–H and O–H groups in total. The van der Waals surface area contributed by atoms with Crippen LogP contribution in [0, 0.1) is 0 Å². The summed E-state index contributed by atoms with van der Waals surface area (Å²) in [6, 6.07) is 20.0. The molecule has 1 aliphatic heterocycles. The molecule has 3 aromatic rings. The first-order chi connectivity index (χ1) is 14.2. The number of rotatable bonds is 6. The smallest absolute Gasteiger partial charge is 0.253 e. The number of aromatic nitrogens is 1. The minimum absolute atomic E-state index is 0.110. The van der Waals surface area contributed by atoms with Crippen molar-refractivity contribution in [3.63, 3.8) is 0 Å². The van der Waals surface area contributed by atoms with Gasteiger partial charge in [0.15, 0.2) is 0 Å². The maximum Gasteiger partial charge on any atom is 0.253 e. The van der Waals surface area contributed by atoms with Crippen LogP contribution in [0.1, 0.15) is 22.8 Å². The summed E-state index contributed by atoms with van der Waals surface area (Å²) >= 11 is 0. The van der Waals surface area contributed by atoms with Gasteiger partial charge < -0.3 is 14.2 Å². The van der Waals surface area contributed by atoms with Gasteiger partial charge in [0.1, 0.15) is 5.75 Å². The van der Waals surface area contributed by atoms with Gasteiger partial charge in [0.2, 0.25) is 0 Å². The first-order valence-electron chi connectivity index (χ1n) is 10.2. The fourth-order valence-electron chi connectivity index (χ4n) is 3.75. The topological polar surface area (TPSA) is 37.7 Å². The van der Waals surface area contributed by atoms with Gasteiger partial charge in [0.25, 0.3) is 5.91 Å². The Bertz CT molecular complexity index is 927. The molecule has 0 spiro atoms. The standard InChI is InChI=1S/C24H27N3O2/c1-2-29-23-8-4-3-7-21(23)19-25-15-17-27(18-16-25)24(28)20-9-11-22(12-10-20)26-13-5-6-14-26/h3-14H,2,15-19H2,1H3. The molecule has 0 radical (unpaired) electrons. The van der Waals surface area contributed by atoms with E-state index in [9.17, 15) is 4.79 Å². The fourth-order valence-corrected chi connectivity index (χ4v) is 3.75. The normalized spacial score (nSPS) is 14.7. The number of carbonyl (C=O) groups excluding carboxylic acids is 1. The van der Waals surface area contributed by atoms with Crippen molar-refractivity contribution in [1.29, 1.82) is 0 Å². The molecule has 1 aromatic heterocycles. The first-order valence-corrected chi connectivity index (χ1v) is 10.2. The predicted molar refractivity (Wildman–Crippen MR) is 115 cm³/mol. The second kappa shape index (κ2) is 8.97. The number of nitrogens with zero attached hydrogens (tertiary/aromatic N) is 3. The third kappa shape index (κ3) is 4.51. The molecule has 150 valence electrons. The summed E-state index contributed by atoms with van der Waals surface area (Å²) in [6.45, 7) is 6.75. The summed E-state index contributed by atoms with van der Waals surface area (Å²) in [5.41, 5.74) is 3.01. The van der Waals surface area contributed by atoms with Gasteiger partial charge in [-0.2, -0.15) is 0 Å².